The predicted molar refractivity (Wildman–Crippen MR) is 156 cm³/mol. The van der Waals surface area contributed by atoms with Crippen molar-refractivity contribution in [3.8, 4) is 6.07 Å². The lowest BCUT2D eigenvalue weighted by molar-refractivity contribution is -0.160. The predicted octanol–water partition coefficient (Wildman–Crippen LogP) is 2.75. The first kappa shape index (κ1) is 28.8. The number of ether oxygens (including phenoxy) is 2. The van der Waals surface area contributed by atoms with Gasteiger partial charge in [0.2, 0.25) is 5.91 Å². The van der Waals surface area contributed by atoms with Gasteiger partial charge in [-0.05, 0) is 62.9 Å². The summed E-state index contributed by atoms with van der Waals surface area (Å²) in [6.07, 6.45) is 6.89. The second kappa shape index (κ2) is 12.1. The molecule has 6 rings (SSSR count). The summed E-state index contributed by atoms with van der Waals surface area (Å²) in [4.78, 5) is 19.2. The van der Waals surface area contributed by atoms with Crippen LogP contribution < -0.4 is 10.6 Å². The van der Waals surface area contributed by atoms with E-state index in [1.807, 2.05) is 4.90 Å². The smallest absolute Gasteiger partial charge is 0.246 e. The van der Waals surface area contributed by atoms with Crippen LogP contribution in [0.15, 0.2) is 36.9 Å². The zero-order chi connectivity index (χ0) is 28.6. The lowest BCUT2D eigenvalue weighted by Gasteiger charge is -2.57. The Morgan fingerprint density at radius 3 is 2.88 bits per heavy atom. The summed E-state index contributed by atoms with van der Waals surface area (Å²) >= 11 is 0. The van der Waals surface area contributed by atoms with E-state index >= 15 is 0 Å². The maximum atomic E-state index is 12.6. The summed E-state index contributed by atoms with van der Waals surface area (Å²) in [6, 6.07) is 11.6. The molecule has 4 aliphatic heterocycles. The summed E-state index contributed by atoms with van der Waals surface area (Å²) < 4.78 is 13.3. The highest BCUT2D eigenvalue weighted by molar-refractivity contribution is 5.87. The highest BCUT2D eigenvalue weighted by atomic mass is 16.5. The van der Waals surface area contributed by atoms with E-state index in [1.54, 1.807) is 0 Å². The van der Waals surface area contributed by atoms with Crippen molar-refractivity contribution in [2.24, 2.45) is 5.92 Å². The molecular weight excluding hydrogens is 516 g/mol. The van der Waals surface area contributed by atoms with E-state index in [0.717, 1.165) is 32.4 Å². The van der Waals surface area contributed by atoms with Crippen molar-refractivity contribution in [1.29, 1.82) is 5.26 Å². The van der Waals surface area contributed by atoms with E-state index in [1.165, 1.54) is 30.0 Å². The SMILES string of the molecule is C=CC(=O)N1CCN(C2NC(OCC3CCCN3C)NC3C[C@]4(CCC32)OCc2ccccc2C4C)CC1CC#N. The van der Waals surface area contributed by atoms with Crippen molar-refractivity contribution in [2.75, 3.05) is 39.8 Å². The van der Waals surface area contributed by atoms with Crippen molar-refractivity contribution >= 4 is 5.91 Å². The molecule has 2 N–H and O–H groups in total. The van der Waals surface area contributed by atoms with Gasteiger partial charge in [0.25, 0.3) is 0 Å². The molecule has 5 aliphatic rings. The molecule has 0 radical (unpaired) electrons. The van der Waals surface area contributed by atoms with Crippen LogP contribution in [-0.4, -0.2) is 96.7 Å². The molecule has 9 nitrogen and oxygen atoms in total. The van der Waals surface area contributed by atoms with E-state index in [-0.39, 0.29) is 36.1 Å². The fourth-order valence-electron chi connectivity index (χ4n) is 8.25. The molecular formula is C32H46N6O3. The Balaban J connectivity index is 1.22. The molecule has 0 bridgehead atoms. The van der Waals surface area contributed by atoms with Crippen molar-refractivity contribution in [2.45, 2.75) is 94.2 Å². The molecule has 4 fully saturated rings. The first-order chi connectivity index (χ1) is 19.9. The monoisotopic (exact) mass is 562 g/mol. The number of carbonyl (C=O) groups excluding carboxylic acids is 1. The van der Waals surface area contributed by atoms with E-state index in [2.05, 4.69) is 71.3 Å². The van der Waals surface area contributed by atoms with Gasteiger partial charge in [-0.15, -0.1) is 0 Å². The standard InChI is InChI=1S/C32H46N6O3/c1-4-29(39)38-17-16-37(19-24(38)12-14-33)30-27-11-13-32(22(2)26-10-6-5-8-23(26)20-41-32)18-28(27)34-31(35-30)40-21-25-9-7-15-36(25)3/h4-6,8,10,22,24-25,27-28,30-31,34-35H,1,7,9,11-13,15-21H2,2-3H3/t22?,24?,25?,27?,28?,30?,31?,32-/m0/s1. The molecule has 4 heterocycles. The number of rotatable bonds is 6. The van der Waals surface area contributed by atoms with Crippen LogP contribution in [0.4, 0.5) is 0 Å². The quantitative estimate of drug-likeness (QED) is 0.512. The summed E-state index contributed by atoms with van der Waals surface area (Å²) in [5, 5.41) is 17.2. The number of fused-ring (bicyclic) bond motifs is 2. The second-order valence-electron chi connectivity index (χ2n) is 12.8. The molecule has 1 aliphatic carbocycles. The molecule has 7 unspecified atom stereocenters. The van der Waals surface area contributed by atoms with E-state index in [9.17, 15) is 10.1 Å². The number of hydrogen-bond donors (Lipinski definition) is 2. The van der Waals surface area contributed by atoms with Gasteiger partial charge >= 0.3 is 0 Å². The van der Waals surface area contributed by atoms with Crippen molar-refractivity contribution < 1.29 is 14.3 Å². The molecule has 3 saturated heterocycles. The van der Waals surface area contributed by atoms with Gasteiger partial charge in [0.15, 0.2) is 6.35 Å². The molecule has 0 aromatic heterocycles. The van der Waals surface area contributed by atoms with Crippen molar-refractivity contribution in [3.63, 3.8) is 0 Å². The fourth-order valence-corrected chi connectivity index (χ4v) is 8.25. The normalized spacial score (nSPS) is 37.8. The van der Waals surface area contributed by atoms with Gasteiger partial charge in [-0.2, -0.15) is 5.26 Å². The van der Waals surface area contributed by atoms with Gasteiger partial charge in [0.05, 0.1) is 43.5 Å². The largest absolute Gasteiger partial charge is 0.370 e. The third-order valence-electron chi connectivity index (χ3n) is 10.7. The van der Waals surface area contributed by atoms with Crippen LogP contribution in [0.25, 0.3) is 0 Å². The highest BCUT2D eigenvalue weighted by Crippen LogP contribution is 2.49. The number of likely N-dealkylation sites (tertiary alicyclic amines) is 1. The lowest BCUT2D eigenvalue weighted by Crippen LogP contribution is -2.73. The Labute approximate surface area is 244 Å². The Hall–Kier alpha value is -2.32. The maximum Gasteiger partial charge on any atom is 0.246 e. The zero-order valence-corrected chi connectivity index (χ0v) is 24.6. The number of carbonyl (C=O) groups is 1. The number of piperazine rings is 1. The summed E-state index contributed by atoms with van der Waals surface area (Å²) in [6.45, 7) is 10.5. The molecule has 1 aromatic rings. The second-order valence-corrected chi connectivity index (χ2v) is 12.8. The molecule has 1 spiro atoms. The topological polar surface area (TPSA) is 93.1 Å². The first-order valence-electron chi connectivity index (χ1n) is 15.5. The third kappa shape index (κ3) is 5.58. The van der Waals surface area contributed by atoms with Gasteiger partial charge in [-0.25, -0.2) is 0 Å². The van der Waals surface area contributed by atoms with Gasteiger partial charge < -0.3 is 19.3 Å². The molecule has 9 heteroatoms. The number of amides is 1. The summed E-state index contributed by atoms with van der Waals surface area (Å²) in [5.41, 5.74) is 2.53. The first-order valence-corrected chi connectivity index (χ1v) is 15.5. The lowest BCUT2D eigenvalue weighted by atomic mass is 9.65. The Morgan fingerprint density at radius 2 is 2.10 bits per heavy atom. The molecule has 1 amide bonds. The van der Waals surface area contributed by atoms with Gasteiger partial charge in [-0.1, -0.05) is 37.8 Å². The van der Waals surface area contributed by atoms with E-state index < -0.39 is 0 Å². The minimum atomic E-state index is -0.265. The number of hydrogen-bond acceptors (Lipinski definition) is 8. The van der Waals surface area contributed by atoms with Gasteiger partial charge in [0, 0.05) is 43.6 Å². The number of nitrogens with zero attached hydrogens (tertiary/aromatic N) is 4. The van der Waals surface area contributed by atoms with E-state index in [4.69, 9.17) is 9.47 Å². The molecule has 222 valence electrons. The van der Waals surface area contributed by atoms with Crippen LogP contribution in [0.3, 0.4) is 0 Å². The van der Waals surface area contributed by atoms with Crippen molar-refractivity contribution in [1.82, 2.24) is 25.3 Å². The molecule has 41 heavy (non-hydrogen) atoms. The minimum absolute atomic E-state index is 0.0914. The Kier molecular flexibility index (Phi) is 8.51. The number of benzene rings is 1. The van der Waals surface area contributed by atoms with Crippen LogP contribution in [0, 0.1) is 17.2 Å². The maximum absolute atomic E-state index is 12.6. The Morgan fingerprint density at radius 1 is 1.24 bits per heavy atom. The average Bonchev–Trinajstić information content (AvgIpc) is 3.41. The summed E-state index contributed by atoms with van der Waals surface area (Å²) in [7, 11) is 2.19. The van der Waals surface area contributed by atoms with Gasteiger partial charge in [-0.3, -0.25) is 20.3 Å². The van der Waals surface area contributed by atoms with Crippen LogP contribution in [0.1, 0.15) is 62.5 Å². The Bertz CT molecular complexity index is 1160. The van der Waals surface area contributed by atoms with Gasteiger partial charge in [0.1, 0.15) is 0 Å². The van der Waals surface area contributed by atoms with Crippen LogP contribution in [0.2, 0.25) is 0 Å². The molecule has 1 aromatic carbocycles. The summed E-state index contributed by atoms with van der Waals surface area (Å²) in [5.74, 6) is 0.599. The highest BCUT2D eigenvalue weighted by Gasteiger charge is 2.53. The van der Waals surface area contributed by atoms with Crippen LogP contribution in [-0.2, 0) is 20.9 Å². The number of likely N-dealkylation sites (N-methyl/N-ethyl adjacent to an activating group) is 1. The zero-order valence-electron chi connectivity index (χ0n) is 24.6. The third-order valence-corrected chi connectivity index (χ3v) is 10.7. The van der Waals surface area contributed by atoms with Crippen LogP contribution >= 0.6 is 0 Å². The average molecular weight is 563 g/mol. The van der Waals surface area contributed by atoms with Crippen LogP contribution in [0.5, 0.6) is 0 Å². The van der Waals surface area contributed by atoms with E-state index in [0.29, 0.717) is 50.6 Å². The number of nitriles is 1. The molecule has 8 atom stereocenters. The minimum Gasteiger partial charge on any atom is -0.370 e. The fraction of sp³-hybridized carbons (Fsp3) is 0.688. The van der Waals surface area contributed by atoms with Crippen molar-refractivity contribution in [3.05, 3.63) is 48.0 Å². The number of nitrogens with one attached hydrogen (secondary N) is 2. The molecule has 1 saturated carbocycles.